The third-order valence-corrected chi connectivity index (χ3v) is 4.56. The fourth-order valence-electron chi connectivity index (χ4n) is 2.56. The third kappa shape index (κ3) is 3.39. The van der Waals surface area contributed by atoms with Gasteiger partial charge in [0.15, 0.2) is 5.78 Å². The van der Waals surface area contributed by atoms with E-state index in [0.29, 0.717) is 18.2 Å². The van der Waals surface area contributed by atoms with Gasteiger partial charge in [-0.15, -0.1) is 5.10 Å². The maximum Gasteiger partial charge on any atom is 0.189 e. The van der Waals surface area contributed by atoms with Gasteiger partial charge in [-0.25, -0.2) is 4.68 Å². The minimum atomic E-state index is 0.00193. The van der Waals surface area contributed by atoms with Crippen LogP contribution >= 0.6 is 15.9 Å². The van der Waals surface area contributed by atoms with E-state index in [1.165, 1.54) is 0 Å². The summed E-state index contributed by atoms with van der Waals surface area (Å²) in [6, 6.07) is 8.10. The highest BCUT2D eigenvalue weighted by Gasteiger charge is 2.19. The van der Waals surface area contributed by atoms with Gasteiger partial charge in [-0.1, -0.05) is 39.3 Å². The molecule has 0 radical (unpaired) electrons. The molecule has 0 bridgehead atoms. The summed E-state index contributed by atoms with van der Waals surface area (Å²) in [5, 5.41) is 11.5. The molecule has 0 atom stereocenters. The van der Waals surface area contributed by atoms with E-state index in [4.69, 9.17) is 0 Å². The summed E-state index contributed by atoms with van der Waals surface area (Å²) in [6.07, 6.45) is 4.18. The standard InChI is InChI=1S/C15H17BrN4O/c16-13-4-2-1-3-11(13)9-15(21)14-10-20(19-18-14)12-5-7-17-8-6-12/h1-4,10,12,17H,5-9H2. The zero-order valence-corrected chi connectivity index (χ0v) is 13.2. The van der Waals surface area contributed by atoms with Crippen molar-refractivity contribution in [3.05, 3.63) is 46.2 Å². The first-order chi connectivity index (χ1) is 10.2. The fraction of sp³-hybridized carbons (Fsp3) is 0.400. The van der Waals surface area contributed by atoms with E-state index < -0.39 is 0 Å². The molecule has 1 fully saturated rings. The Bertz CT molecular complexity index is 634. The number of carbonyl (C=O) groups is 1. The molecule has 1 N–H and O–H groups in total. The number of nitrogens with one attached hydrogen (secondary N) is 1. The van der Waals surface area contributed by atoms with Crippen LogP contribution < -0.4 is 5.32 Å². The van der Waals surface area contributed by atoms with Crippen molar-refractivity contribution in [2.24, 2.45) is 0 Å². The molecule has 5 nitrogen and oxygen atoms in total. The topological polar surface area (TPSA) is 59.8 Å². The van der Waals surface area contributed by atoms with Crippen molar-refractivity contribution < 1.29 is 4.79 Å². The molecule has 21 heavy (non-hydrogen) atoms. The van der Waals surface area contributed by atoms with Crippen molar-refractivity contribution in [1.82, 2.24) is 20.3 Å². The second-order valence-electron chi connectivity index (χ2n) is 5.26. The summed E-state index contributed by atoms with van der Waals surface area (Å²) in [6.45, 7) is 1.98. The van der Waals surface area contributed by atoms with Crippen LogP contribution in [0.2, 0.25) is 0 Å². The van der Waals surface area contributed by atoms with Crippen molar-refractivity contribution >= 4 is 21.7 Å². The van der Waals surface area contributed by atoms with Gasteiger partial charge in [0.25, 0.3) is 0 Å². The smallest absolute Gasteiger partial charge is 0.189 e. The number of piperidine rings is 1. The van der Waals surface area contributed by atoms with Crippen LogP contribution in [0.1, 0.15) is 34.9 Å². The van der Waals surface area contributed by atoms with Gasteiger partial charge in [0.05, 0.1) is 12.2 Å². The number of Topliss-reactive ketones (excluding diaryl/α,β-unsaturated/α-hetero) is 1. The van der Waals surface area contributed by atoms with Crippen molar-refractivity contribution in [3.63, 3.8) is 0 Å². The Morgan fingerprint density at radius 1 is 1.33 bits per heavy atom. The minimum Gasteiger partial charge on any atom is -0.317 e. The Kier molecular flexibility index (Phi) is 4.45. The number of ketones is 1. The van der Waals surface area contributed by atoms with Crippen molar-refractivity contribution in [1.29, 1.82) is 0 Å². The normalized spacial score (nSPS) is 16.0. The largest absolute Gasteiger partial charge is 0.317 e. The average Bonchev–Trinajstić information content (AvgIpc) is 3.00. The first kappa shape index (κ1) is 14.4. The summed E-state index contributed by atoms with van der Waals surface area (Å²) >= 11 is 3.46. The lowest BCUT2D eigenvalue weighted by Crippen LogP contribution is -2.29. The van der Waals surface area contributed by atoms with E-state index in [-0.39, 0.29) is 5.78 Å². The minimum absolute atomic E-state index is 0.00193. The molecule has 0 saturated carbocycles. The molecule has 0 unspecified atom stereocenters. The Labute approximate surface area is 131 Å². The van der Waals surface area contributed by atoms with Crippen LogP contribution in [0.25, 0.3) is 0 Å². The van der Waals surface area contributed by atoms with Gasteiger partial charge >= 0.3 is 0 Å². The van der Waals surface area contributed by atoms with Crippen molar-refractivity contribution in [2.75, 3.05) is 13.1 Å². The lowest BCUT2D eigenvalue weighted by Gasteiger charge is -2.22. The van der Waals surface area contributed by atoms with Gasteiger partial charge in [0.1, 0.15) is 5.69 Å². The van der Waals surface area contributed by atoms with Gasteiger partial charge < -0.3 is 5.32 Å². The van der Waals surface area contributed by atoms with E-state index in [2.05, 4.69) is 31.6 Å². The van der Waals surface area contributed by atoms with E-state index >= 15 is 0 Å². The highest BCUT2D eigenvalue weighted by atomic mass is 79.9. The SMILES string of the molecule is O=C(Cc1ccccc1Br)c1cn(C2CCNCC2)nn1. The van der Waals surface area contributed by atoms with Crippen molar-refractivity contribution in [3.8, 4) is 0 Å². The Morgan fingerprint density at radius 3 is 2.86 bits per heavy atom. The maximum absolute atomic E-state index is 12.3. The molecule has 1 aliphatic heterocycles. The summed E-state index contributed by atoms with van der Waals surface area (Å²) in [4.78, 5) is 12.3. The van der Waals surface area contributed by atoms with E-state index in [1.807, 2.05) is 28.9 Å². The van der Waals surface area contributed by atoms with Crippen molar-refractivity contribution in [2.45, 2.75) is 25.3 Å². The first-order valence-corrected chi connectivity index (χ1v) is 7.92. The van der Waals surface area contributed by atoms with Crippen LogP contribution in [0.5, 0.6) is 0 Å². The maximum atomic E-state index is 12.3. The fourth-order valence-corrected chi connectivity index (χ4v) is 2.98. The van der Waals surface area contributed by atoms with Crippen LogP contribution in [0.4, 0.5) is 0 Å². The third-order valence-electron chi connectivity index (χ3n) is 3.79. The monoisotopic (exact) mass is 348 g/mol. The zero-order valence-electron chi connectivity index (χ0n) is 11.6. The Balaban J connectivity index is 1.71. The summed E-state index contributed by atoms with van der Waals surface area (Å²) in [5.74, 6) is 0.00193. The molecule has 2 aromatic rings. The lowest BCUT2D eigenvalue weighted by molar-refractivity contribution is 0.0988. The number of hydrogen-bond acceptors (Lipinski definition) is 4. The molecule has 6 heteroatoms. The molecule has 1 aromatic heterocycles. The van der Waals surface area contributed by atoms with E-state index in [0.717, 1.165) is 36.0 Å². The van der Waals surface area contributed by atoms with Crippen LogP contribution in [0.15, 0.2) is 34.9 Å². The zero-order chi connectivity index (χ0) is 14.7. The van der Waals surface area contributed by atoms with Crippen LogP contribution in [-0.2, 0) is 6.42 Å². The predicted octanol–water partition coefficient (Wildman–Crippen LogP) is 2.39. The van der Waals surface area contributed by atoms with Crippen LogP contribution in [0.3, 0.4) is 0 Å². The first-order valence-electron chi connectivity index (χ1n) is 7.13. The van der Waals surface area contributed by atoms with Gasteiger partial charge in [-0.05, 0) is 37.6 Å². The summed E-state index contributed by atoms with van der Waals surface area (Å²) in [7, 11) is 0. The summed E-state index contributed by atoms with van der Waals surface area (Å²) in [5.41, 5.74) is 1.42. The van der Waals surface area contributed by atoms with Gasteiger partial charge in [0, 0.05) is 10.9 Å². The molecule has 110 valence electrons. The molecule has 3 rings (SSSR count). The Morgan fingerprint density at radius 2 is 2.10 bits per heavy atom. The highest BCUT2D eigenvalue weighted by Crippen LogP contribution is 2.19. The van der Waals surface area contributed by atoms with E-state index in [9.17, 15) is 4.79 Å². The van der Waals surface area contributed by atoms with Gasteiger partial charge in [-0.2, -0.15) is 0 Å². The highest BCUT2D eigenvalue weighted by molar-refractivity contribution is 9.10. The predicted molar refractivity (Wildman–Crippen MR) is 83.3 cm³/mol. The molecule has 1 aliphatic rings. The molecular weight excluding hydrogens is 332 g/mol. The number of hydrogen-bond donors (Lipinski definition) is 1. The molecule has 0 aliphatic carbocycles. The summed E-state index contributed by atoms with van der Waals surface area (Å²) < 4.78 is 2.79. The molecule has 1 aromatic carbocycles. The number of aromatic nitrogens is 3. The quantitative estimate of drug-likeness (QED) is 0.861. The molecule has 2 heterocycles. The number of rotatable bonds is 4. The number of benzene rings is 1. The van der Waals surface area contributed by atoms with Crippen LogP contribution in [0, 0.1) is 0 Å². The molecule has 0 amide bonds. The second kappa shape index (κ2) is 6.49. The number of carbonyl (C=O) groups excluding carboxylic acids is 1. The second-order valence-corrected chi connectivity index (χ2v) is 6.11. The van der Waals surface area contributed by atoms with E-state index in [1.54, 1.807) is 6.20 Å². The molecule has 1 saturated heterocycles. The average molecular weight is 349 g/mol. The lowest BCUT2D eigenvalue weighted by atomic mass is 10.1. The number of nitrogens with zero attached hydrogens (tertiary/aromatic N) is 3. The number of halogens is 1. The Hall–Kier alpha value is -1.53. The van der Waals surface area contributed by atoms with Gasteiger partial charge in [-0.3, -0.25) is 4.79 Å². The van der Waals surface area contributed by atoms with Gasteiger partial charge in [0.2, 0.25) is 0 Å². The van der Waals surface area contributed by atoms with Crippen LogP contribution in [-0.4, -0.2) is 33.9 Å². The molecule has 0 spiro atoms. The molecular formula is C15H17BrN4O.